The number of methoxy groups -OCH3 is 1. The summed E-state index contributed by atoms with van der Waals surface area (Å²) < 4.78 is 11.0. The fourth-order valence-electron chi connectivity index (χ4n) is 3.97. The highest BCUT2D eigenvalue weighted by atomic mass is 35.5. The third kappa shape index (κ3) is 3.34. The number of halogens is 2. The van der Waals surface area contributed by atoms with E-state index in [4.69, 9.17) is 38.4 Å². The summed E-state index contributed by atoms with van der Waals surface area (Å²) >= 11 is 12.3. The third-order valence-corrected chi connectivity index (χ3v) is 6.06. The fraction of sp³-hybridized carbons (Fsp3) is 0.250. The van der Waals surface area contributed by atoms with Crippen molar-refractivity contribution in [3.63, 3.8) is 0 Å². The van der Waals surface area contributed by atoms with Gasteiger partial charge in [0.15, 0.2) is 17.7 Å². The number of rotatable bonds is 3. The molecule has 7 nitrogen and oxygen atoms in total. The van der Waals surface area contributed by atoms with Gasteiger partial charge >= 0.3 is 0 Å². The number of nitrogens with two attached hydrogens (primary N) is 1. The van der Waals surface area contributed by atoms with Crippen molar-refractivity contribution in [2.24, 2.45) is 11.7 Å². The Morgan fingerprint density at radius 3 is 2.59 bits per heavy atom. The molecule has 4 rings (SSSR count). The van der Waals surface area contributed by atoms with Gasteiger partial charge in [-0.15, -0.1) is 0 Å². The number of nitrogens with one attached hydrogen (secondary N) is 2. The summed E-state index contributed by atoms with van der Waals surface area (Å²) in [5.74, 6) is -0.251. The molecule has 0 amide bonds. The normalized spacial score (nSPS) is 25.9. The number of fused-ring (bicyclic) bond motifs is 1. The number of hydrogen-bond donors (Lipinski definition) is 4. The standard InChI is InChI=1S/C20H18Cl2N4O3/c1-28-15-7-9(3-5-14(15)27)16-11(8-23)19(24)29-20-17(16)18(25-26-20)10-2-4-12(21)13(22)6-10/h2-7,16-18,20,25-27H,24H2,1H3. The summed E-state index contributed by atoms with van der Waals surface area (Å²) in [5, 5.41) is 20.7. The molecule has 0 bridgehead atoms. The molecule has 4 unspecified atom stereocenters. The fourth-order valence-corrected chi connectivity index (χ4v) is 4.28. The molecule has 9 heteroatoms. The molecule has 0 aliphatic carbocycles. The molecule has 2 aliphatic heterocycles. The van der Waals surface area contributed by atoms with Crippen LogP contribution in [0.1, 0.15) is 23.1 Å². The second kappa shape index (κ2) is 7.65. The first kappa shape index (κ1) is 19.7. The van der Waals surface area contributed by atoms with Gasteiger partial charge in [0.25, 0.3) is 0 Å². The van der Waals surface area contributed by atoms with Crippen molar-refractivity contribution in [3.8, 4) is 17.6 Å². The Kier molecular flexibility index (Phi) is 5.19. The van der Waals surface area contributed by atoms with E-state index in [9.17, 15) is 10.4 Å². The second-order valence-corrected chi connectivity index (χ2v) is 7.67. The Morgan fingerprint density at radius 1 is 1.14 bits per heavy atom. The largest absolute Gasteiger partial charge is 0.504 e. The molecule has 4 atom stereocenters. The monoisotopic (exact) mass is 432 g/mol. The van der Waals surface area contributed by atoms with E-state index in [1.165, 1.54) is 13.2 Å². The number of hydrazine groups is 1. The van der Waals surface area contributed by atoms with Crippen LogP contribution >= 0.6 is 23.2 Å². The molecule has 0 spiro atoms. The summed E-state index contributed by atoms with van der Waals surface area (Å²) in [5.41, 5.74) is 14.3. The SMILES string of the molecule is COc1cc(C2C(C#N)=C(N)OC3NNC(c4ccc(Cl)c(Cl)c4)C32)ccc1O. The maximum atomic E-state index is 9.98. The number of allylic oxidation sites excluding steroid dienone is 1. The van der Waals surface area contributed by atoms with Gasteiger partial charge in [0.05, 0.1) is 28.8 Å². The zero-order chi connectivity index (χ0) is 20.7. The highest BCUT2D eigenvalue weighted by Gasteiger charge is 2.49. The first-order chi connectivity index (χ1) is 13.9. The molecule has 2 aliphatic rings. The van der Waals surface area contributed by atoms with Gasteiger partial charge in [-0.1, -0.05) is 35.3 Å². The van der Waals surface area contributed by atoms with E-state index >= 15 is 0 Å². The maximum absolute atomic E-state index is 9.98. The number of nitrogens with zero attached hydrogens (tertiary/aromatic N) is 1. The smallest absolute Gasteiger partial charge is 0.200 e. The van der Waals surface area contributed by atoms with E-state index in [0.29, 0.717) is 21.4 Å². The average Bonchev–Trinajstić information content (AvgIpc) is 3.12. The van der Waals surface area contributed by atoms with Crippen molar-refractivity contribution in [2.75, 3.05) is 7.11 Å². The molecular weight excluding hydrogens is 415 g/mol. The van der Waals surface area contributed by atoms with Crippen LogP contribution in [-0.4, -0.2) is 18.4 Å². The van der Waals surface area contributed by atoms with Crippen LogP contribution in [0.2, 0.25) is 10.0 Å². The highest BCUT2D eigenvalue weighted by Crippen LogP contribution is 2.48. The van der Waals surface area contributed by atoms with Crippen molar-refractivity contribution in [1.29, 1.82) is 5.26 Å². The van der Waals surface area contributed by atoms with Crippen molar-refractivity contribution in [3.05, 3.63) is 69.0 Å². The quantitative estimate of drug-likeness (QED) is 0.588. The van der Waals surface area contributed by atoms with Crippen LogP contribution in [0.5, 0.6) is 11.5 Å². The molecule has 5 N–H and O–H groups in total. The number of phenols is 1. The summed E-state index contributed by atoms with van der Waals surface area (Å²) in [4.78, 5) is 0. The van der Waals surface area contributed by atoms with Crippen LogP contribution in [0, 0.1) is 17.2 Å². The molecule has 1 fully saturated rings. The van der Waals surface area contributed by atoms with E-state index < -0.39 is 12.1 Å². The molecule has 2 heterocycles. The topological polar surface area (TPSA) is 113 Å². The van der Waals surface area contributed by atoms with Gasteiger partial charge in [0.2, 0.25) is 5.88 Å². The molecule has 2 aromatic rings. The summed E-state index contributed by atoms with van der Waals surface area (Å²) in [6.07, 6.45) is -0.476. The summed E-state index contributed by atoms with van der Waals surface area (Å²) in [6.45, 7) is 0. The van der Waals surface area contributed by atoms with Crippen molar-refractivity contribution in [1.82, 2.24) is 10.9 Å². The van der Waals surface area contributed by atoms with E-state index in [2.05, 4.69) is 16.9 Å². The van der Waals surface area contributed by atoms with Crippen LogP contribution in [0.25, 0.3) is 0 Å². The van der Waals surface area contributed by atoms with E-state index in [-0.39, 0.29) is 23.6 Å². The Labute approximate surface area is 177 Å². The first-order valence-corrected chi connectivity index (χ1v) is 9.59. The van der Waals surface area contributed by atoms with Gasteiger partial charge < -0.3 is 20.3 Å². The van der Waals surface area contributed by atoms with Crippen molar-refractivity contribution >= 4 is 23.2 Å². The number of aromatic hydroxyl groups is 1. The van der Waals surface area contributed by atoms with Gasteiger partial charge in [-0.05, 0) is 35.4 Å². The average molecular weight is 433 g/mol. The number of ether oxygens (including phenoxy) is 2. The minimum Gasteiger partial charge on any atom is -0.504 e. The van der Waals surface area contributed by atoms with Crippen molar-refractivity contribution in [2.45, 2.75) is 18.2 Å². The molecule has 150 valence electrons. The number of benzene rings is 2. The minimum atomic E-state index is -0.476. The first-order valence-electron chi connectivity index (χ1n) is 8.84. The Hall–Kier alpha value is -2.63. The van der Waals surface area contributed by atoms with Gasteiger partial charge in [0, 0.05) is 11.8 Å². The molecule has 1 saturated heterocycles. The highest BCUT2D eigenvalue weighted by molar-refractivity contribution is 6.42. The van der Waals surface area contributed by atoms with Crippen molar-refractivity contribution < 1.29 is 14.6 Å². The Morgan fingerprint density at radius 2 is 1.90 bits per heavy atom. The second-order valence-electron chi connectivity index (χ2n) is 6.85. The van der Waals surface area contributed by atoms with Crippen LogP contribution in [0.4, 0.5) is 0 Å². The molecule has 2 aromatic carbocycles. The third-order valence-electron chi connectivity index (χ3n) is 5.32. The van der Waals surface area contributed by atoms with E-state index in [0.717, 1.165) is 11.1 Å². The Bertz CT molecular complexity index is 1040. The van der Waals surface area contributed by atoms with Crippen LogP contribution in [-0.2, 0) is 4.74 Å². The van der Waals surface area contributed by atoms with Gasteiger partial charge in [-0.25, -0.2) is 10.9 Å². The van der Waals surface area contributed by atoms with Gasteiger partial charge in [-0.3, -0.25) is 0 Å². The maximum Gasteiger partial charge on any atom is 0.200 e. The number of nitriles is 1. The molecule has 29 heavy (non-hydrogen) atoms. The number of phenolic OH excluding ortho intramolecular Hbond substituents is 1. The summed E-state index contributed by atoms with van der Waals surface area (Å²) in [6, 6.07) is 12.3. The lowest BCUT2D eigenvalue weighted by Gasteiger charge is -2.36. The zero-order valence-corrected chi connectivity index (χ0v) is 16.8. The predicted octanol–water partition coefficient (Wildman–Crippen LogP) is 3.31. The van der Waals surface area contributed by atoms with Gasteiger partial charge in [-0.2, -0.15) is 5.26 Å². The number of hydrogen-bond acceptors (Lipinski definition) is 7. The zero-order valence-electron chi connectivity index (χ0n) is 15.3. The molecule has 0 aromatic heterocycles. The van der Waals surface area contributed by atoms with Crippen LogP contribution in [0.15, 0.2) is 47.9 Å². The summed E-state index contributed by atoms with van der Waals surface area (Å²) in [7, 11) is 1.47. The van der Waals surface area contributed by atoms with Crippen LogP contribution < -0.4 is 21.3 Å². The lowest BCUT2D eigenvalue weighted by molar-refractivity contribution is 0.0340. The minimum absolute atomic E-state index is 0.0130. The van der Waals surface area contributed by atoms with Crippen LogP contribution in [0.3, 0.4) is 0 Å². The van der Waals surface area contributed by atoms with E-state index in [1.807, 2.05) is 6.07 Å². The molecular formula is C20H18Cl2N4O3. The Balaban J connectivity index is 1.84. The van der Waals surface area contributed by atoms with E-state index in [1.54, 1.807) is 24.3 Å². The molecule has 0 saturated carbocycles. The lowest BCUT2D eigenvalue weighted by atomic mass is 9.74. The van der Waals surface area contributed by atoms with Gasteiger partial charge in [0.1, 0.15) is 6.07 Å². The predicted molar refractivity (Wildman–Crippen MR) is 108 cm³/mol. The lowest BCUT2D eigenvalue weighted by Crippen LogP contribution is -2.40. The molecule has 0 radical (unpaired) electrons.